The summed E-state index contributed by atoms with van der Waals surface area (Å²) >= 11 is 5.41. The molecule has 0 amide bonds. The van der Waals surface area contributed by atoms with E-state index < -0.39 is 35.2 Å². The lowest BCUT2D eigenvalue weighted by atomic mass is 10.1. The number of rotatable bonds is 3. The van der Waals surface area contributed by atoms with E-state index in [0.717, 1.165) is 6.20 Å². The predicted molar refractivity (Wildman–Crippen MR) is 47.2 cm³/mol. The molecule has 0 atom stereocenters. The molecule has 0 spiro atoms. The number of hydrogen-bond donors (Lipinski definition) is 2. The number of halogens is 3. The summed E-state index contributed by atoms with van der Waals surface area (Å²) in [4.78, 5) is 13.8. The van der Waals surface area contributed by atoms with Crippen molar-refractivity contribution in [3.8, 4) is 5.75 Å². The first-order valence-corrected chi connectivity index (χ1v) is 4.17. The monoisotopic (exact) mass is 237 g/mol. The van der Waals surface area contributed by atoms with Crippen LogP contribution in [0, 0.1) is 0 Å². The zero-order valence-electron chi connectivity index (χ0n) is 7.25. The van der Waals surface area contributed by atoms with Gasteiger partial charge in [-0.1, -0.05) is 11.6 Å². The van der Waals surface area contributed by atoms with Crippen LogP contribution in [0.3, 0.4) is 0 Å². The zero-order chi connectivity index (χ0) is 11.6. The van der Waals surface area contributed by atoms with Gasteiger partial charge in [-0.05, 0) is 0 Å². The third-order valence-electron chi connectivity index (χ3n) is 1.65. The Balaban J connectivity index is 3.26. The third kappa shape index (κ3) is 2.53. The molecule has 0 aliphatic heterocycles. The highest BCUT2D eigenvalue weighted by Gasteiger charge is 2.22. The number of aliphatic carboxylic acids is 1. The van der Waals surface area contributed by atoms with E-state index in [9.17, 15) is 13.6 Å². The molecule has 0 aromatic carbocycles. The fourth-order valence-corrected chi connectivity index (χ4v) is 1.28. The number of carboxylic acids is 1. The van der Waals surface area contributed by atoms with Crippen molar-refractivity contribution in [3.05, 3.63) is 22.5 Å². The van der Waals surface area contributed by atoms with Gasteiger partial charge in [0.2, 0.25) is 0 Å². The first kappa shape index (κ1) is 11.6. The van der Waals surface area contributed by atoms with Crippen molar-refractivity contribution in [2.75, 3.05) is 0 Å². The van der Waals surface area contributed by atoms with Crippen LogP contribution in [0.1, 0.15) is 17.7 Å². The highest BCUT2D eigenvalue weighted by Crippen LogP contribution is 2.35. The molecule has 0 aliphatic rings. The molecule has 7 heteroatoms. The van der Waals surface area contributed by atoms with Crippen LogP contribution in [-0.2, 0) is 11.2 Å². The largest absolute Gasteiger partial charge is 0.505 e. The van der Waals surface area contributed by atoms with Crippen molar-refractivity contribution in [3.63, 3.8) is 0 Å². The SMILES string of the molecule is O=C(O)Cc1ncc(O)c(Cl)c1C(F)F. The van der Waals surface area contributed by atoms with Gasteiger partial charge in [0.1, 0.15) is 0 Å². The minimum absolute atomic E-state index is 0.347. The van der Waals surface area contributed by atoms with E-state index >= 15 is 0 Å². The molecule has 15 heavy (non-hydrogen) atoms. The van der Waals surface area contributed by atoms with Crippen LogP contribution in [0.4, 0.5) is 8.78 Å². The van der Waals surface area contributed by atoms with Crippen LogP contribution in [0.2, 0.25) is 5.02 Å². The minimum atomic E-state index is -2.98. The van der Waals surface area contributed by atoms with Gasteiger partial charge in [0, 0.05) is 0 Å². The normalized spacial score (nSPS) is 10.7. The Bertz CT molecular complexity index is 398. The van der Waals surface area contributed by atoms with Crippen LogP contribution in [-0.4, -0.2) is 21.2 Å². The summed E-state index contributed by atoms with van der Waals surface area (Å²) in [6, 6.07) is 0. The molecule has 1 heterocycles. The molecule has 1 aromatic rings. The average Bonchev–Trinajstić information content (AvgIpc) is 2.10. The number of carbonyl (C=O) groups is 1. The van der Waals surface area contributed by atoms with Crippen LogP contribution in [0.15, 0.2) is 6.20 Å². The Hall–Kier alpha value is -1.43. The van der Waals surface area contributed by atoms with Crippen LogP contribution >= 0.6 is 11.6 Å². The highest BCUT2D eigenvalue weighted by atomic mass is 35.5. The summed E-state index contributed by atoms with van der Waals surface area (Å²) in [5.41, 5.74) is -1.08. The third-order valence-corrected chi connectivity index (χ3v) is 2.05. The number of hydrogen-bond acceptors (Lipinski definition) is 3. The predicted octanol–water partition coefficient (Wildman–Crippen LogP) is 2.01. The van der Waals surface area contributed by atoms with Gasteiger partial charge in [-0.15, -0.1) is 0 Å². The van der Waals surface area contributed by atoms with Crippen molar-refractivity contribution in [2.45, 2.75) is 12.8 Å². The van der Waals surface area contributed by atoms with Gasteiger partial charge in [-0.25, -0.2) is 8.78 Å². The second-order valence-electron chi connectivity index (χ2n) is 2.69. The van der Waals surface area contributed by atoms with Crippen molar-refractivity contribution >= 4 is 17.6 Å². The van der Waals surface area contributed by atoms with Gasteiger partial charge < -0.3 is 10.2 Å². The molecule has 82 valence electrons. The Morgan fingerprint density at radius 3 is 2.67 bits per heavy atom. The molecular formula is C8H6ClF2NO3. The van der Waals surface area contributed by atoms with Gasteiger partial charge in [-0.2, -0.15) is 0 Å². The van der Waals surface area contributed by atoms with Crippen molar-refractivity contribution in [1.29, 1.82) is 0 Å². The second kappa shape index (κ2) is 4.39. The molecule has 0 radical (unpaired) electrons. The van der Waals surface area contributed by atoms with Gasteiger partial charge in [0.05, 0.1) is 28.9 Å². The zero-order valence-corrected chi connectivity index (χ0v) is 8.00. The molecule has 0 saturated heterocycles. The number of aromatic hydroxyl groups is 1. The number of nitrogens with zero attached hydrogens (tertiary/aromatic N) is 1. The summed E-state index contributed by atoms with van der Waals surface area (Å²) in [7, 11) is 0. The van der Waals surface area contributed by atoms with E-state index in [1.165, 1.54) is 0 Å². The summed E-state index contributed by atoms with van der Waals surface area (Å²) < 4.78 is 25.0. The maximum Gasteiger partial charge on any atom is 0.309 e. The Kier molecular flexibility index (Phi) is 3.41. The maximum atomic E-state index is 12.5. The fourth-order valence-electron chi connectivity index (χ4n) is 1.04. The molecular weight excluding hydrogens is 232 g/mol. The minimum Gasteiger partial charge on any atom is -0.505 e. The summed E-state index contributed by atoms with van der Waals surface area (Å²) in [5, 5.41) is 16.9. The van der Waals surface area contributed by atoms with Gasteiger partial charge in [0.15, 0.2) is 5.75 Å². The Morgan fingerprint density at radius 2 is 2.20 bits per heavy atom. The quantitative estimate of drug-likeness (QED) is 0.844. The van der Waals surface area contributed by atoms with Crippen LogP contribution in [0.25, 0.3) is 0 Å². The molecule has 0 unspecified atom stereocenters. The molecule has 0 fully saturated rings. The molecule has 1 rings (SSSR count). The summed E-state index contributed by atoms with van der Waals surface area (Å²) in [6.45, 7) is 0. The first-order valence-electron chi connectivity index (χ1n) is 3.79. The molecule has 0 aliphatic carbocycles. The van der Waals surface area contributed by atoms with Crippen LogP contribution in [0.5, 0.6) is 5.75 Å². The molecule has 4 nitrogen and oxygen atoms in total. The van der Waals surface area contributed by atoms with E-state index in [1.807, 2.05) is 0 Å². The van der Waals surface area contributed by atoms with Gasteiger partial charge in [-0.3, -0.25) is 9.78 Å². The van der Waals surface area contributed by atoms with E-state index in [-0.39, 0.29) is 5.69 Å². The lowest BCUT2D eigenvalue weighted by Crippen LogP contribution is -2.07. The highest BCUT2D eigenvalue weighted by molar-refractivity contribution is 6.32. The van der Waals surface area contributed by atoms with Crippen molar-refractivity contribution < 1.29 is 23.8 Å². The molecule has 2 N–H and O–H groups in total. The fraction of sp³-hybridized carbons (Fsp3) is 0.250. The number of alkyl halides is 2. The maximum absolute atomic E-state index is 12.5. The standard InChI is InChI=1S/C8H6ClF2NO3/c9-7-4(13)2-12-3(1-5(14)15)6(7)8(10)11/h2,8,13H,1H2,(H,14,15). The number of pyridine rings is 1. The van der Waals surface area contributed by atoms with Crippen LogP contribution < -0.4 is 0 Å². The van der Waals surface area contributed by atoms with Crippen molar-refractivity contribution in [1.82, 2.24) is 4.98 Å². The van der Waals surface area contributed by atoms with E-state index in [4.69, 9.17) is 21.8 Å². The molecule has 0 bridgehead atoms. The first-order chi connectivity index (χ1) is 6.93. The molecule has 0 saturated carbocycles. The lowest BCUT2D eigenvalue weighted by molar-refractivity contribution is -0.136. The topological polar surface area (TPSA) is 70.4 Å². The summed E-state index contributed by atoms with van der Waals surface area (Å²) in [5.74, 6) is -1.90. The van der Waals surface area contributed by atoms with E-state index in [2.05, 4.69) is 4.98 Å². The number of carboxylic acid groups (broad SMARTS) is 1. The summed E-state index contributed by atoms with van der Waals surface area (Å²) in [6.07, 6.45) is -2.81. The average molecular weight is 238 g/mol. The van der Waals surface area contributed by atoms with Gasteiger partial charge in [0.25, 0.3) is 6.43 Å². The lowest BCUT2D eigenvalue weighted by Gasteiger charge is -2.08. The van der Waals surface area contributed by atoms with Gasteiger partial charge >= 0.3 is 5.97 Å². The molecule has 1 aromatic heterocycles. The van der Waals surface area contributed by atoms with E-state index in [0.29, 0.717) is 0 Å². The Morgan fingerprint density at radius 1 is 1.60 bits per heavy atom. The smallest absolute Gasteiger partial charge is 0.309 e. The number of aromatic nitrogens is 1. The Labute approximate surface area is 88.1 Å². The second-order valence-corrected chi connectivity index (χ2v) is 3.07. The van der Waals surface area contributed by atoms with Crippen molar-refractivity contribution in [2.24, 2.45) is 0 Å². The van der Waals surface area contributed by atoms with E-state index in [1.54, 1.807) is 0 Å².